The molecule has 0 bridgehead atoms. The highest BCUT2D eigenvalue weighted by molar-refractivity contribution is 6.66. The van der Waals surface area contributed by atoms with Crippen LogP contribution in [0.15, 0.2) is 0 Å². The SMILES string of the molecule is CCO[Si](C)(CCOCC(O)CO)OCC.O. The minimum Gasteiger partial charge on any atom is -0.412 e. The number of hydrogen-bond acceptors (Lipinski definition) is 5. The van der Waals surface area contributed by atoms with E-state index in [1.807, 2.05) is 20.4 Å². The summed E-state index contributed by atoms with van der Waals surface area (Å²) in [7, 11) is -2.10. The minimum absolute atomic E-state index is 0. The highest BCUT2D eigenvalue weighted by atomic mass is 28.4. The Morgan fingerprint density at radius 3 is 2.12 bits per heavy atom. The predicted molar refractivity (Wildman–Crippen MR) is 67.2 cm³/mol. The van der Waals surface area contributed by atoms with Crippen LogP contribution in [-0.4, -0.2) is 63.4 Å². The van der Waals surface area contributed by atoms with Gasteiger partial charge in [0.25, 0.3) is 0 Å². The van der Waals surface area contributed by atoms with E-state index in [-0.39, 0.29) is 18.7 Å². The first kappa shape index (κ1) is 19.3. The molecule has 0 heterocycles. The molecule has 0 aromatic heterocycles. The van der Waals surface area contributed by atoms with Gasteiger partial charge in [-0.25, -0.2) is 0 Å². The molecule has 0 radical (unpaired) electrons. The molecular weight excluding hydrogens is 244 g/mol. The summed E-state index contributed by atoms with van der Waals surface area (Å²) in [5, 5.41) is 17.7. The topological polar surface area (TPSA) is 99.7 Å². The van der Waals surface area contributed by atoms with Gasteiger partial charge >= 0.3 is 8.56 Å². The van der Waals surface area contributed by atoms with Crippen LogP contribution in [0.3, 0.4) is 0 Å². The molecule has 4 N–H and O–H groups in total. The summed E-state index contributed by atoms with van der Waals surface area (Å²) < 4.78 is 16.5. The van der Waals surface area contributed by atoms with Crippen molar-refractivity contribution in [3.05, 3.63) is 0 Å². The van der Waals surface area contributed by atoms with E-state index in [1.165, 1.54) is 0 Å². The Morgan fingerprint density at radius 2 is 1.71 bits per heavy atom. The molecule has 17 heavy (non-hydrogen) atoms. The Bertz CT molecular complexity index is 163. The Kier molecular flexibility index (Phi) is 12.6. The van der Waals surface area contributed by atoms with Gasteiger partial charge in [-0.15, -0.1) is 0 Å². The zero-order valence-corrected chi connectivity index (χ0v) is 11.9. The van der Waals surface area contributed by atoms with E-state index in [4.69, 9.17) is 23.8 Å². The third-order valence-corrected chi connectivity index (χ3v) is 5.03. The van der Waals surface area contributed by atoms with Gasteiger partial charge in [0, 0.05) is 25.9 Å². The van der Waals surface area contributed by atoms with Gasteiger partial charge in [-0.2, -0.15) is 0 Å². The average Bonchev–Trinajstić information content (AvgIpc) is 2.25. The lowest BCUT2D eigenvalue weighted by atomic mass is 10.4. The molecule has 0 aliphatic carbocycles. The second-order valence-corrected chi connectivity index (χ2v) is 7.01. The fourth-order valence-electron chi connectivity index (χ4n) is 1.33. The Balaban J connectivity index is 0. The van der Waals surface area contributed by atoms with Crippen LogP contribution >= 0.6 is 0 Å². The molecule has 0 aliphatic rings. The van der Waals surface area contributed by atoms with Crippen molar-refractivity contribution in [2.75, 3.05) is 33.0 Å². The van der Waals surface area contributed by atoms with E-state index in [0.717, 1.165) is 6.04 Å². The molecule has 0 spiro atoms. The third-order valence-electron chi connectivity index (χ3n) is 2.12. The summed E-state index contributed by atoms with van der Waals surface area (Å²) in [5.74, 6) is 0. The van der Waals surface area contributed by atoms with Crippen molar-refractivity contribution in [1.29, 1.82) is 0 Å². The molecule has 0 amide bonds. The largest absolute Gasteiger partial charge is 0.412 e. The van der Waals surface area contributed by atoms with E-state index >= 15 is 0 Å². The number of ether oxygens (including phenoxy) is 1. The first-order valence-corrected chi connectivity index (χ1v) is 8.25. The van der Waals surface area contributed by atoms with Crippen LogP contribution in [0.25, 0.3) is 0 Å². The maximum Gasteiger partial charge on any atom is 0.337 e. The van der Waals surface area contributed by atoms with Crippen LogP contribution in [0.4, 0.5) is 0 Å². The zero-order chi connectivity index (χ0) is 12.4. The van der Waals surface area contributed by atoms with Gasteiger partial charge in [0.05, 0.1) is 13.2 Å². The fourth-order valence-corrected chi connectivity index (χ4v) is 3.43. The van der Waals surface area contributed by atoms with Crippen molar-refractivity contribution >= 4 is 8.56 Å². The number of rotatable bonds is 10. The molecule has 0 aromatic rings. The van der Waals surface area contributed by atoms with Crippen LogP contribution in [0.1, 0.15) is 13.8 Å². The van der Waals surface area contributed by atoms with Crippen molar-refractivity contribution in [3.8, 4) is 0 Å². The normalized spacial score (nSPS) is 13.2. The first-order chi connectivity index (χ1) is 7.58. The molecule has 106 valence electrons. The Labute approximate surface area is 104 Å². The summed E-state index contributed by atoms with van der Waals surface area (Å²) >= 11 is 0. The second kappa shape index (κ2) is 11.1. The van der Waals surface area contributed by atoms with Crippen LogP contribution in [-0.2, 0) is 13.6 Å². The summed E-state index contributed by atoms with van der Waals surface area (Å²) in [6, 6.07) is 0.729. The minimum atomic E-state index is -2.10. The van der Waals surface area contributed by atoms with Crippen LogP contribution < -0.4 is 0 Å². The molecular formula is C10H26O6Si. The molecule has 1 unspecified atom stereocenters. The van der Waals surface area contributed by atoms with E-state index < -0.39 is 14.7 Å². The summed E-state index contributed by atoms with van der Waals surface area (Å²) in [6.07, 6.45) is -0.799. The lowest BCUT2D eigenvalue weighted by Crippen LogP contribution is -2.40. The molecule has 0 saturated carbocycles. The number of aliphatic hydroxyl groups is 2. The summed E-state index contributed by atoms with van der Waals surface area (Å²) in [4.78, 5) is 0. The second-order valence-electron chi connectivity index (χ2n) is 3.66. The number of aliphatic hydroxyl groups excluding tert-OH is 2. The highest BCUT2D eigenvalue weighted by Crippen LogP contribution is 2.13. The smallest absolute Gasteiger partial charge is 0.337 e. The van der Waals surface area contributed by atoms with Gasteiger partial charge in [-0.1, -0.05) is 0 Å². The van der Waals surface area contributed by atoms with Gasteiger partial charge < -0.3 is 29.3 Å². The van der Waals surface area contributed by atoms with Gasteiger partial charge in [0.2, 0.25) is 0 Å². The quantitative estimate of drug-likeness (QED) is 0.418. The standard InChI is InChI=1S/C10H24O5Si.H2O/c1-4-14-16(3,15-5-2)7-6-13-9-10(12)8-11;/h10-12H,4-9H2,1-3H3;1H2. The highest BCUT2D eigenvalue weighted by Gasteiger charge is 2.30. The van der Waals surface area contributed by atoms with Crippen molar-refractivity contribution in [2.24, 2.45) is 0 Å². The van der Waals surface area contributed by atoms with Crippen molar-refractivity contribution in [2.45, 2.75) is 32.5 Å². The van der Waals surface area contributed by atoms with E-state index in [1.54, 1.807) is 0 Å². The van der Waals surface area contributed by atoms with E-state index in [0.29, 0.717) is 19.8 Å². The lowest BCUT2D eigenvalue weighted by molar-refractivity contribution is 0.00825. The van der Waals surface area contributed by atoms with Crippen molar-refractivity contribution in [3.63, 3.8) is 0 Å². The monoisotopic (exact) mass is 270 g/mol. The number of hydrogen-bond donors (Lipinski definition) is 2. The van der Waals surface area contributed by atoms with Gasteiger partial charge in [0.15, 0.2) is 0 Å². The maximum atomic E-state index is 9.07. The van der Waals surface area contributed by atoms with E-state index in [9.17, 15) is 0 Å². The summed E-state index contributed by atoms with van der Waals surface area (Å²) in [6.45, 7) is 7.54. The molecule has 0 aliphatic heterocycles. The van der Waals surface area contributed by atoms with Gasteiger partial charge in [-0.3, -0.25) is 0 Å². The van der Waals surface area contributed by atoms with Crippen molar-refractivity contribution in [1.82, 2.24) is 0 Å². The van der Waals surface area contributed by atoms with Gasteiger partial charge in [-0.05, 0) is 20.4 Å². The van der Waals surface area contributed by atoms with Crippen LogP contribution in [0.2, 0.25) is 12.6 Å². The molecule has 0 saturated heterocycles. The van der Waals surface area contributed by atoms with E-state index in [2.05, 4.69) is 0 Å². The Hall–Kier alpha value is -0.0231. The summed E-state index contributed by atoms with van der Waals surface area (Å²) in [5.41, 5.74) is 0. The maximum absolute atomic E-state index is 9.07. The van der Waals surface area contributed by atoms with Crippen LogP contribution in [0.5, 0.6) is 0 Å². The van der Waals surface area contributed by atoms with Crippen molar-refractivity contribution < 1.29 is 29.3 Å². The Morgan fingerprint density at radius 1 is 1.18 bits per heavy atom. The fraction of sp³-hybridized carbons (Fsp3) is 1.00. The zero-order valence-electron chi connectivity index (χ0n) is 10.9. The molecule has 0 fully saturated rings. The van der Waals surface area contributed by atoms with Crippen LogP contribution in [0, 0.1) is 0 Å². The molecule has 1 atom stereocenters. The molecule has 0 rings (SSSR count). The first-order valence-electron chi connectivity index (χ1n) is 5.72. The molecule has 7 heteroatoms. The lowest BCUT2D eigenvalue weighted by Gasteiger charge is -2.25. The van der Waals surface area contributed by atoms with Gasteiger partial charge in [0.1, 0.15) is 6.10 Å². The predicted octanol–water partition coefficient (Wildman–Crippen LogP) is -0.323. The third kappa shape index (κ3) is 9.66. The average molecular weight is 270 g/mol. The molecule has 0 aromatic carbocycles. The molecule has 6 nitrogen and oxygen atoms in total.